The number of para-hydroxylation sites is 1. The summed E-state index contributed by atoms with van der Waals surface area (Å²) in [5.41, 5.74) is 1.61. The molecule has 0 radical (unpaired) electrons. The van der Waals surface area contributed by atoms with Crippen molar-refractivity contribution >= 4 is 34.8 Å². The van der Waals surface area contributed by atoms with Gasteiger partial charge in [0.25, 0.3) is 5.91 Å². The molecule has 0 bridgehead atoms. The summed E-state index contributed by atoms with van der Waals surface area (Å²) in [6.07, 6.45) is 0. The summed E-state index contributed by atoms with van der Waals surface area (Å²) in [7, 11) is 0. The van der Waals surface area contributed by atoms with Gasteiger partial charge in [-0.2, -0.15) is 5.10 Å². The van der Waals surface area contributed by atoms with Gasteiger partial charge < -0.3 is 10.2 Å². The van der Waals surface area contributed by atoms with Gasteiger partial charge in [0.05, 0.1) is 30.0 Å². The molecule has 2 heterocycles. The number of halogens is 1. The van der Waals surface area contributed by atoms with Crippen molar-refractivity contribution in [2.45, 2.75) is 20.4 Å². The van der Waals surface area contributed by atoms with Crippen molar-refractivity contribution in [3.8, 4) is 5.69 Å². The normalized spacial score (nSPS) is 10.7. The van der Waals surface area contributed by atoms with Crippen LogP contribution in [0.25, 0.3) is 5.69 Å². The third-order valence-electron chi connectivity index (χ3n) is 4.26. The van der Waals surface area contributed by atoms with Crippen molar-refractivity contribution < 1.29 is 9.59 Å². The van der Waals surface area contributed by atoms with Crippen molar-refractivity contribution in [2.24, 2.45) is 0 Å². The number of likely N-dealkylation sites (N-methyl/N-ethyl adjacent to an activating group) is 1. The van der Waals surface area contributed by atoms with Gasteiger partial charge in [-0.25, -0.2) is 4.68 Å². The van der Waals surface area contributed by atoms with Crippen LogP contribution in [-0.4, -0.2) is 39.6 Å². The highest BCUT2D eigenvalue weighted by molar-refractivity contribution is 7.09. The molecular weight excluding hydrogens is 396 g/mol. The monoisotopic (exact) mass is 416 g/mol. The Bertz CT molecular complexity index is 954. The van der Waals surface area contributed by atoms with Gasteiger partial charge in [-0.1, -0.05) is 35.9 Å². The molecule has 0 atom stereocenters. The topological polar surface area (TPSA) is 67.2 Å². The number of rotatable bonds is 7. The predicted molar refractivity (Wildman–Crippen MR) is 111 cm³/mol. The Morgan fingerprint density at radius 3 is 2.61 bits per heavy atom. The summed E-state index contributed by atoms with van der Waals surface area (Å²) in [6, 6.07) is 13.3. The molecule has 0 saturated carbocycles. The van der Waals surface area contributed by atoms with Crippen molar-refractivity contribution in [2.75, 3.05) is 13.1 Å². The highest BCUT2D eigenvalue weighted by atomic mass is 35.5. The minimum Gasteiger partial charge on any atom is -0.350 e. The number of nitrogens with one attached hydrogen (secondary N) is 1. The fourth-order valence-corrected chi connectivity index (χ4v) is 3.79. The molecule has 146 valence electrons. The number of aryl methyl sites for hydroxylation is 1. The third kappa shape index (κ3) is 4.43. The molecule has 6 nitrogen and oxygen atoms in total. The molecule has 0 unspecified atom stereocenters. The maximum atomic E-state index is 13.0. The van der Waals surface area contributed by atoms with Gasteiger partial charge in [0, 0.05) is 11.4 Å². The highest BCUT2D eigenvalue weighted by Gasteiger charge is 2.26. The van der Waals surface area contributed by atoms with Crippen LogP contribution in [0, 0.1) is 6.92 Å². The molecule has 1 N–H and O–H groups in total. The molecule has 0 aliphatic heterocycles. The van der Waals surface area contributed by atoms with Crippen LogP contribution in [0.1, 0.15) is 27.9 Å². The first kappa shape index (κ1) is 20.1. The van der Waals surface area contributed by atoms with Gasteiger partial charge in [0.1, 0.15) is 5.15 Å². The first-order chi connectivity index (χ1) is 13.5. The Hall–Kier alpha value is -2.64. The van der Waals surface area contributed by atoms with Crippen LogP contribution in [-0.2, 0) is 11.3 Å². The number of hydrogen-bond donors (Lipinski definition) is 1. The molecule has 28 heavy (non-hydrogen) atoms. The van der Waals surface area contributed by atoms with Gasteiger partial charge in [0.2, 0.25) is 5.91 Å². The lowest BCUT2D eigenvalue weighted by Crippen LogP contribution is -2.40. The molecule has 0 aliphatic carbocycles. The Balaban J connectivity index is 1.74. The van der Waals surface area contributed by atoms with Crippen molar-refractivity contribution in [1.29, 1.82) is 0 Å². The quantitative estimate of drug-likeness (QED) is 0.638. The van der Waals surface area contributed by atoms with Gasteiger partial charge in [-0.15, -0.1) is 11.3 Å². The number of aromatic nitrogens is 2. The maximum Gasteiger partial charge on any atom is 0.259 e. The second-order valence-corrected chi connectivity index (χ2v) is 7.56. The second-order valence-electron chi connectivity index (χ2n) is 6.17. The molecule has 1 aromatic carbocycles. The van der Waals surface area contributed by atoms with Crippen molar-refractivity contribution in [3.05, 3.63) is 69.1 Å². The number of hydrogen-bond acceptors (Lipinski definition) is 4. The van der Waals surface area contributed by atoms with Crippen LogP contribution in [0.3, 0.4) is 0 Å². The fraction of sp³-hybridized carbons (Fsp3) is 0.250. The Labute approximate surface area is 172 Å². The summed E-state index contributed by atoms with van der Waals surface area (Å²) in [5, 5.41) is 9.44. The standard InChI is InChI=1S/C20H21ClN4O2S/c1-3-24(13-17(26)22-12-16-10-7-11-28-16)20(27)18-14(2)23-25(19(18)21)15-8-5-4-6-9-15/h4-11H,3,12-13H2,1-2H3,(H,22,26). The average molecular weight is 417 g/mol. The van der Waals surface area contributed by atoms with E-state index in [9.17, 15) is 9.59 Å². The van der Waals surface area contributed by atoms with Gasteiger partial charge in [-0.3, -0.25) is 9.59 Å². The molecule has 0 fully saturated rings. The highest BCUT2D eigenvalue weighted by Crippen LogP contribution is 2.24. The molecular formula is C20H21ClN4O2S. The summed E-state index contributed by atoms with van der Waals surface area (Å²) in [4.78, 5) is 27.9. The summed E-state index contributed by atoms with van der Waals surface area (Å²) < 4.78 is 1.54. The van der Waals surface area contributed by atoms with Crippen LogP contribution < -0.4 is 5.32 Å². The Morgan fingerprint density at radius 2 is 1.96 bits per heavy atom. The number of amides is 2. The molecule has 0 saturated heterocycles. The minimum absolute atomic E-state index is 0.0347. The van der Waals surface area contributed by atoms with Crippen LogP contribution in [0.5, 0.6) is 0 Å². The van der Waals surface area contributed by atoms with E-state index < -0.39 is 0 Å². The van der Waals surface area contributed by atoms with Gasteiger partial charge in [-0.05, 0) is 37.4 Å². The van der Waals surface area contributed by atoms with Crippen LogP contribution in [0.15, 0.2) is 47.8 Å². The van der Waals surface area contributed by atoms with Crippen LogP contribution in [0.4, 0.5) is 0 Å². The second kappa shape index (κ2) is 9.03. The zero-order valence-corrected chi connectivity index (χ0v) is 17.3. The van der Waals surface area contributed by atoms with Crippen LogP contribution >= 0.6 is 22.9 Å². The molecule has 2 aromatic heterocycles. The number of thiophene rings is 1. The van der Waals surface area contributed by atoms with E-state index in [1.54, 1.807) is 18.3 Å². The predicted octanol–water partition coefficient (Wildman–Crippen LogP) is 3.67. The lowest BCUT2D eigenvalue weighted by molar-refractivity contribution is -0.121. The van der Waals surface area contributed by atoms with E-state index >= 15 is 0 Å². The van der Waals surface area contributed by atoms with Crippen molar-refractivity contribution in [1.82, 2.24) is 20.0 Å². The smallest absolute Gasteiger partial charge is 0.259 e. The Morgan fingerprint density at radius 1 is 1.21 bits per heavy atom. The van der Waals surface area contributed by atoms with E-state index in [4.69, 9.17) is 11.6 Å². The van der Waals surface area contributed by atoms with Crippen molar-refractivity contribution in [3.63, 3.8) is 0 Å². The molecule has 8 heteroatoms. The van der Waals surface area contributed by atoms with E-state index in [0.29, 0.717) is 24.3 Å². The minimum atomic E-state index is -0.307. The molecule has 0 aliphatic rings. The number of benzene rings is 1. The summed E-state index contributed by atoms with van der Waals surface area (Å²) in [6.45, 7) is 4.37. The number of carbonyl (C=O) groups excluding carboxylic acids is 2. The van der Waals surface area contributed by atoms with E-state index in [1.165, 1.54) is 9.58 Å². The Kier molecular flexibility index (Phi) is 6.49. The first-order valence-electron chi connectivity index (χ1n) is 8.90. The molecule has 2 amide bonds. The zero-order chi connectivity index (χ0) is 20.1. The third-order valence-corrected chi connectivity index (χ3v) is 5.49. The van der Waals surface area contributed by atoms with E-state index in [2.05, 4.69) is 10.4 Å². The molecule has 3 rings (SSSR count). The molecule has 3 aromatic rings. The van der Waals surface area contributed by atoms with E-state index in [1.807, 2.05) is 54.8 Å². The van der Waals surface area contributed by atoms with Crippen LogP contribution in [0.2, 0.25) is 5.15 Å². The largest absolute Gasteiger partial charge is 0.350 e. The maximum absolute atomic E-state index is 13.0. The van der Waals surface area contributed by atoms with E-state index in [-0.39, 0.29) is 23.5 Å². The fourth-order valence-electron chi connectivity index (χ4n) is 2.80. The first-order valence-corrected chi connectivity index (χ1v) is 10.2. The number of nitrogens with zero attached hydrogens (tertiary/aromatic N) is 3. The zero-order valence-electron chi connectivity index (χ0n) is 15.7. The summed E-state index contributed by atoms with van der Waals surface area (Å²) >= 11 is 8.05. The van der Waals surface area contributed by atoms with Gasteiger partial charge >= 0.3 is 0 Å². The average Bonchev–Trinajstić information content (AvgIpc) is 3.32. The van der Waals surface area contributed by atoms with E-state index in [0.717, 1.165) is 10.6 Å². The number of carbonyl (C=O) groups is 2. The molecule has 0 spiro atoms. The SMILES string of the molecule is CCN(CC(=O)NCc1cccs1)C(=O)c1c(C)nn(-c2ccccc2)c1Cl. The lowest BCUT2D eigenvalue weighted by Gasteiger charge is -2.20. The summed E-state index contributed by atoms with van der Waals surface area (Å²) in [5.74, 6) is -0.522. The lowest BCUT2D eigenvalue weighted by atomic mass is 10.2. The van der Waals surface area contributed by atoms with Gasteiger partial charge in [0.15, 0.2) is 0 Å².